The van der Waals surface area contributed by atoms with Gasteiger partial charge in [-0.15, -0.1) is 0 Å². The molecule has 0 unspecified atom stereocenters. The van der Waals surface area contributed by atoms with Crippen LogP contribution in [-0.2, 0) is 24.5 Å². The zero-order chi connectivity index (χ0) is 17.8. The molecule has 0 N–H and O–H groups in total. The number of nitrogens with zero attached hydrogens (tertiary/aromatic N) is 1. The van der Waals surface area contributed by atoms with Crippen molar-refractivity contribution in [2.45, 2.75) is 33.6 Å². The molecule has 2 aromatic carbocycles. The van der Waals surface area contributed by atoms with Crippen LogP contribution in [0.1, 0.15) is 25.1 Å². The molecule has 0 radical (unpaired) electrons. The molecule has 132 valence electrons. The van der Waals surface area contributed by atoms with E-state index in [1.54, 1.807) is 18.2 Å². The van der Waals surface area contributed by atoms with Gasteiger partial charge in [-0.25, -0.2) is 0 Å². The van der Waals surface area contributed by atoms with Crippen LogP contribution < -0.4 is 4.74 Å². The Morgan fingerprint density at radius 3 is 2.52 bits per heavy atom. The molecule has 25 heavy (non-hydrogen) atoms. The minimum absolute atomic E-state index is 0.423. The third-order valence-electron chi connectivity index (χ3n) is 4.22. The lowest BCUT2D eigenvalue weighted by Gasteiger charge is -2.13. The molecule has 0 saturated carbocycles. The molecule has 0 aliphatic heterocycles. The summed E-state index contributed by atoms with van der Waals surface area (Å²) in [6.45, 7) is 6.66. The Morgan fingerprint density at radius 2 is 1.80 bits per heavy atom. The zero-order valence-electron chi connectivity index (χ0n) is 14.4. The first-order chi connectivity index (χ1) is 12.2. The summed E-state index contributed by atoms with van der Waals surface area (Å²) < 4.78 is 14.0. The van der Waals surface area contributed by atoms with E-state index in [-0.39, 0.29) is 0 Å². The number of fused-ring (bicyclic) bond motifs is 1. The number of aryl methyl sites for hydroxylation is 1. The summed E-state index contributed by atoms with van der Waals surface area (Å²) in [5.41, 5.74) is 3.48. The predicted octanol–water partition coefficient (Wildman–Crippen LogP) is 6.08. The van der Waals surface area contributed by atoms with Gasteiger partial charge in [0, 0.05) is 34.6 Å². The molecule has 3 aromatic rings. The molecule has 5 heteroatoms. The summed E-state index contributed by atoms with van der Waals surface area (Å²) >= 11 is 12.2. The number of halogens is 2. The first-order valence-electron chi connectivity index (χ1n) is 8.40. The minimum atomic E-state index is 0.423. The smallest absolute Gasteiger partial charge is 0.138 e. The lowest BCUT2D eigenvalue weighted by molar-refractivity contribution is 0.133. The number of aromatic nitrogens is 1. The largest absolute Gasteiger partial charge is 0.486 e. The molecule has 0 atom stereocenters. The fourth-order valence-corrected chi connectivity index (χ4v) is 3.52. The molecule has 3 rings (SSSR count). The number of rotatable bonds is 7. The molecule has 3 nitrogen and oxygen atoms in total. The van der Waals surface area contributed by atoms with Crippen molar-refractivity contribution in [3.05, 3.63) is 63.8 Å². The second-order valence-electron chi connectivity index (χ2n) is 5.69. The quantitative estimate of drug-likeness (QED) is 0.497. The van der Waals surface area contributed by atoms with Crippen molar-refractivity contribution in [3.8, 4) is 5.75 Å². The van der Waals surface area contributed by atoms with E-state index in [4.69, 9.17) is 32.7 Å². The third-order valence-corrected chi connectivity index (χ3v) is 4.75. The van der Waals surface area contributed by atoms with E-state index in [1.807, 2.05) is 6.92 Å². The van der Waals surface area contributed by atoms with Crippen LogP contribution in [0.2, 0.25) is 10.0 Å². The highest BCUT2D eigenvalue weighted by Crippen LogP contribution is 2.31. The van der Waals surface area contributed by atoms with Crippen LogP contribution in [0.3, 0.4) is 0 Å². The molecule has 1 heterocycles. The number of hydrogen-bond donors (Lipinski definition) is 0. The molecule has 0 fully saturated rings. The molecule has 0 saturated heterocycles. The van der Waals surface area contributed by atoms with Gasteiger partial charge in [-0.3, -0.25) is 0 Å². The SMILES string of the molecule is CCOCc1c(COc2ccc(Cl)cc2Cl)n(CC)c2ccccc12. The predicted molar refractivity (Wildman–Crippen MR) is 104 cm³/mol. The van der Waals surface area contributed by atoms with Gasteiger partial charge in [0.05, 0.1) is 17.3 Å². The Balaban J connectivity index is 1.98. The molecular formula is C20H21Cl2NO2. The van der Waals surface area contributed by atoms with Gasteiger partial charge in [-0.2, -0.15) is 0 Å². The van der Waals surface area contributed by atoms with Gasteiger partial charge in [-0.05, 0) is 38.1 Å². The molecule has 0 amide bonds. The monoisotopic (exact) mass is 377 g/mol. The minimum Gasteiger partial charge on any atom is -0.486 e. The van der Waals surface area contributed by atoms with Gasteiger partial charge in [0.25, 0.3) is 0 Å². The molecule has 0 bridgehead atoms. The fourth-order valence-electron chi connectivity index (χ4n) is 3.06. The highest BCUT2D eigenvalue weighted by Gasteiger charge is 2.17. The Morgan fingerprint density at radius 1 is 1.00 bits per heavy atom. The molecule has 1 aromatic heterocycles. The summed E-state index contributed by atoms with van der Waals surface area (Å²) in [5.74, 6) is 0.626. The second kappa shape index (κ2) is 8.13. The van der Waals surface area contributed by atoms with Gasteiger partial charge < -0.3 is 14.0 Å². The van der Waals surface area contributed by atoms with E-state index >= 15 is 0 Å². The standard InChI is InChI=1S/C20H21Cl2NO2/c1-3-23-18-8-6-5-7-15(18)16(12-24-4-2)19(23)13-25-20-10-9-14(21)11-17(20)22/h5-11H,3-4,12-13H2,1-2H3. The van der Waals surface area contributed by atoms with E-state index in [0.29, 0.717) is 35.6 Å². The number of benzene rings is 2. The average Bonchev–Trinajstić information content (AvgIpc) is 2.92. The van der Waals surface area contributed by atoms with Crippen LogP contribution in [0.15, 0.2) is 42.5 Å². The number of ether oxygens (including phenoxy) is 2. The van der Waals surface area contributed by atoms with Crippen molar-refractivity contribution in [1.82, 2.24) is 4.57 Å². The lowest BCUT2D eigenvalue weighted by Crippen LogP contribution is -2.08. The van der Waals surface area contributed by atoms with Crippen molar-refractivity contribution in [1.29, 1.82) is 0 Å². The second-order valence-corrected chi connectivity index (χ2v) is 6.53. The summed E-state index contributed by atoms with van der Waals surface area (Å²) in [5, 5.41) is 2.31. The molecule has 0 aliphatic rings. The third kappa shape index (κ3) is 3.79. The van der Waals surface area contributed by atoms with Gasteiger partial charge in [0.15, 0.2) is 0 Å². The van der Waals surface area contributed by atoms with Gasteiger partial charge in [0.2, 0.25) is 0 Å². The summed E-state index contributed by atoms with van der Waals surface area (Å²) in [6, 6.07) is 13.6. The van der Waals surface area contributed by atoms with E-state index in [9.17, 15) is 0 Å². The maximum absolute atomic E-state index is 6.23. The fraction of sp³-hybridized carbons (Fsp3) is 0.300. The van der Waals surface area contributed by atoms with E-state index in [2.05, 4.69) is 35.8 Å². The van der Waals surface area contributed by atoms with Crippen LogP contribution in [0.4, 0.5) is 0 Å². The average molecular weight is 378 g/mol. The van der Waals surface area contributed by atoms with Gasteiger partial charge in [-0.1, -0.05) is 41.4 Å². The van der Waals surface area contributed by atoms with E-state index < -0.39 is 0 Å². The highest BCUT2D eigenvalue weighted by molar-refractivity contribution is 6.35. The lowest BCUT2D eigenvalue weighted by atomic mass is 10.1. The van der Waals surface area contributed by atoms with Gasteiger partial charge >= 0.3 is 0 Å². The Kier molecular flexibility index (Phi) is 5.89. The Labute approximate surface area is 158 Å². The molecular weight excluding hydrogens is 357 g/mol. The van der Waals surface area contributed by atoms with Crippen molar-refractivity contribution in [3.63, 3.8) is 0 Å². The Hall–Kier alpha value is -1.68. The van der Waals surface area contributed by atoms with E-state index in [0.717, 1.165) is 12.2 Å². The first-order valence-corrected chi connectivity index (χ1v) is 9.15. The summed E-state index contributed by atoms with van der Waals surface area (Å²) in [6.07, 6.45) is 0. The van der Waals surface area contributed by atoms with Crippen LogP contribution in [0.25, 0.3) is 10.9 Å². The van der Waals surface area contributed by atoms with E-state index in [1.165, 1.54) is 16.5 Å². The first kappa shape index (κ1) is 18.1. The van der Waals surface area contributed by atoms with Crippen molar-refractivity contribution < 1.29 is 9.47 Å². The molecule has 0 spiro atoms. The maximum Gasteiger partial charge on any atom is 0.138 e. The number of hydrogen-bond acceptors (Lipinski definition) is 2. The number of para-hydroxylation sites is 1. The van der Waals surface area contributed by atoms with Crippen LogP contribution >= 0.6 is 23.2 Å². The van der Waals surface area contributed by atoms with Crippen molar-refractivity contribution in [2.24, 2.45) is 0 Å². The van der Waals surface area contributed by atoms with Gasteiger partial charge in [0.1, 0.15) is 12.4 Å². The summed E-state index contributed by atoms with van der Waals surface area (Å²) in [7, 11) is 0. The van der Waals surface area contributed by atoms with Crippen LogP contribution in [-0.4, -0.2) is 11.2 Å². The van der Waals surface area contributed by atoms with Crippen LogP contribution in [0, 0.1) is 0 Å². The highest BCUT2D eigenvalue weighted by atomic mass is 35.5. The van der Waals surface area contributed by atoms with Crippen molar-refractivity contribution >= 4 is 34.1 Å². The Bertz CT molecular complexity index is 874. The van der Waals surface area contributed by atoms with Crippen molar-refractivity contribution in [2.75, 3.05) is 6.61 Å². The molecule has 0 aliphatic carbocycles. The maximum atomic E-state index is 6.23. The zero-order valence-corrected chi connectivity index (χ0v) is 15.9. The summed E-state index contributed by atoms with van der Waals surface area (Å²) in [4.78, 5) is 0. The normalized spacial score (nSPS) is 11.2. The topological polar surface area (TPSA) is 23.4 Å². The van der Waals surface area contributed by atoms with Crippen LogP contribution in [0.5, 0.6) is 5.75 Å².